The molecule has 2 aromatic carbocycles. The van der Waals surface area contributed by atoms with Gasteiger partial charge >= 0.3 is 0 Å². The lowest BCUT2D eigenvalue weighted by molar-refractivity contribution is 0.0970. The molecule has 0 aliphatic rings. The molecule has 0 spiro atoms. The van der Waals surface area contributed by atoms with Crippen LogP contribution in [0.1, 0.15) is 79.8 Å². The molecule has 0 saturated carbocycles. The molecule has 0 radical (unpaired) electrons. The summed E-state index contributed by atoms with van der Waals surface area (Å²) in [6.45, 7) is 3.93. The number of hydrogen-bond donors (Lipinski definition) is 2. The summed E-state index contributed by atoms with van der Waals surface area (Å²) < 4.78 is 98.9. The van der Waals surface area contributed by atoms with Gasteiger partial charge in [0.05, 0.1) is 62.5 Å². The van der Waals surface area contributed by atoms with Crippen LogP contribution < -0.4 is 10.5 Å². The molecular weight excluding hydrogens is 904 g/mol. The van der Waals surface area contributed by atoms with Gasteiger partial charge in [-0.2, -0.15) is 0 Å². The number of sulfonamides is 1. The lowest BCUT2D eigenvalue weighted by Crippen LogP contribution is -2.24. The number of carbonyl (C=O) groups excluding carboxylic acids is 2. The van der Waals surface area contributed by atoms with Gasteiger partial charge in [-0.15, -0.1) is 22.7 Å². The van der Waals surface area contributed by atoms with Gasteiger partial charge in [-0.25, -0.2) is 59.1 Å². The van der Waals surface area contributed by atoms with Gasteiger partial charge in [0.2, 0.25) is 10.0 Å². The van der Waals surface area contributed by atoms with Crippen molar-refractivity contribution in [2.24, 2.45) is 5.73 Å². The predicted octanol–water partition coefficient (Wildman–Crippen LogP) is 7.49. The third-order valence-electron chi connectivity index (χ3n) is 7.43. The number of ketones is 2. The topological polar surface area (TPSA) is 218 Å². The predicted molar refractivity (Wildman–Crippen MR) is 224 cm³/mol. The number of nitrogens with one attached hydrogen (secondary N) is 1. The minimum absolute atomic E-state index is 0. The van der Waals surface area contributed by atoms with Gasteiger partial charge in [-0.05, 0) is 51.0 Å². The zero-order valence-corrected chi connectivity index (χ0v) is 34.9. The van der Waals surface area contributed by atoms with Crippen molar-refractivity contribution in [3.05, 3.63) is 139 Å². The van der Waals surface area contributed by atoms with E-state index in [1.54, 1.807) is 23.7 Å². The smallest absolute Gasteiger partial charge is 0.261 e. The van der Waals surface area contributed by atoms with Gasteiger partial charge in [0, 0.05) is 64.3 Å². The van der Waals surface area contributed by atoms with E-state index < -0.39 is 52.1 Å². The molecule has 4 aromatic heterocycles. The standard InChI is InChI=1S/C18H16F2N4O3S2.C12H14N4OS.C6H3ClF2O2S.2CH4/c1-11-21-9-15(28-11)2-3-18(25)17-10-22-14(7-23-17)8-24-29(26,27)16-5-12(19)4-13(20)6-16;1-8-14-6-10(18-8)2-3-12(17)11-7-15-9(4-13)5-16-11;7-12(10,11)6-2-4(8)1-5(9)3-6;;/h4-7,9-10,24H,2-3,8H2,1H3;5-7H,2-4,13H2,1H3;1-3H;2*1H4. The summed E-state index contributed by atoms with van der Waals surface area (Å²) in [5, 5.41) is 1.95. The zero-order valence-electron chi connectivity index (χ0n) is 30.9. The minimum Gasteiger partial charge on any atom is -0.325 e. The fourth-order valence-electron chi connectivity index (χ4n) is 4.57. The summed E-state index contributed by atoms with van der Waals surface area (Å²) >= 11 is 3.14. The summed E-state index contributed by atoms with van der Waals surface area (Å²) in [6.07, 6.45) is 11.1. The van der Waals surface area contributed by atoms with Crippen LogP contribution in [-0.2, 0) is 45.0 Å². The Morgan fingerprint density at radius 1 is 0.623 bits per heavy atom. The third-order valence-corrected chi connectivity index (χ3v) is 12.1. The summed E-state index contributed by atoms with van der Waals surface area (Å²) in [7, 11) is -3.35. The Morgan fingerprint density at radius 2 is 1.03 bits per heavy atom. The number of nitrogens with two attached hydrogens (primary N) is 1. The molecule has 0 atom stereocenters. The molecule has 6 aromatic rings. The fourth-order valence-corrected chi connectivity index (χ4v) is 7.97. The van der Waals surface area contributed by atoms with Crippen molar-refractivity contribution in [2.45, 2.75) is 77.3 Å². The van der Waals surface area contributed by atoms with E-state index in [0.717, 1.165) is 19.8 Å². The largest absolute Gasteiger partial charge is 0.325 e. The molecule has 23 heteroatoms. The second-order valence-electron chi connectivity index (χ2n) is 12.0. The number of halogens is 5. The van der Waals surface area contributed by atoms with E-state index in [0.29, 0.717) is 73.6 Å². The maximum absolute atomic E-state index is 13.2. The van der Waals surface area contributed by atoms with Crippen LogP contribution in [0.25, 0.3) is 0 Å². The monoisotopic (exact) mass is 944 g/mol. The number of rotatable bonds is 14. The van der Waals surface area contributed by atoms with Crippen LogP contribution in [0.3, 0.4) is 0 Å². The van der Waals surface area contributed by atoms with Crippen LogP contribution in [0.15, 0.2) is 83.4 Å². The van der Waals surface area contributed by atoms with Crippen molar-refractivity contribution in [3.8, 4) is 0 Å². The number of aryl methyl sites for hydroxylation is 4. The van der Waals surface area contributed by atoms with E-state index in [9.17, 15) is 44.0 Å². The molecule has 0 saturated heterocycles. The molecule has 14 nitrogen and oxygen atoms in total. The molecule has 0 bridgehead atoms. The van der Waals surface area contributed by atoms with Gasteiger partial charge < -0.3 is 5.73 Å². The molecule has 6 rings (SSSR count). The number of benzene rings is 2. The Labute approximate surface area is 363 Å². The normalized spacial score (nSPS) is 10.9. The van der Waals surface area contributed by atoms with E-state index >= 15 is 0 Å². The van der Waals surface area contributed by atoms with Gasteiger partial charge in [-0.3, -0.25) is 19.6 Å². The van der Waals surface area contributed by atoms with Crippen molar-refractivity contribution in [2.75, 3.05) is 0 Å². The Hall–Kier alpha value is -4.97. The van der Waals surface area contributed by atoms with Crippen LogP contribution in [0.2, 0.25) is 0 Å². The van der Waals surface area contributed by atoms with E-state index in [-0.39, 0.29) is 50.8 Å². The molecule has 0 amide bonds. The van der Waals surface area contributed by atoms with E-state index in [1.807, 2.05) is 20.0 Å². The van der Waals surface area contributed by atoms with Gasteiger partial charge in [0.1, 0.15) is 34.7 Å². The highest BCUT2D eigenvalue weighted by Crippen LogP contribution is 2.19. The summed E-state index contributed by atoms with van der Waals surface area (Å²) in [6, 6.07) is 3.85. The maximum atomic E-state index is 13.2. The Morgan fingerprint density at radius 3 is 1.38 bits per heavy atom. The number of nitrogens with zero attached hydrogens (tertiary/aromatic N) is 6. The zero-order chi connectivity index (χ0) is 43.3. The van der Waals surface area contributed by atoms with Crippen molar-refractivity contribution in [1.82, 2.24) is 34.6 Å². The molecule has 0 aliphatic heterocycles. The average Bonchev–Trinajstić information content (AvgIpc) is 3.81. The average molecular weight is 946 g/mol. The highest BCUT2D eigenvalue weighted by atomic mass is 35.7. The number of thiazole rings is 2. The summed E-state index contributed by atoms with van der Waals surface area (Å²) in [5.41, 5.74) is 6.92. The number of aromatic nitrogens is 6. The van der Waals surface area contributed by atoms with Crippen molar-refractivity contribution < 1.29 is 44.0 Å². The highest BCUT2D eigenvalue weighted by Gasteiger charge is 2.18. The van der Waals surface area contributed by atoms with Gasteiger partial charge in [0.15, 0.2) is 11.6 Å². The molecule has 0 aliphatic carbocycles. The molecule has 0 unspecified atom stereocenters. The van der Waals surface area contributed by atoms with Crippen LogP contribution in [-0.4, -0.2) is 58.3 Å². The Balaban J connectivity index is 0.000000342. The second-order valence-corrected chi connectivity index (χ2v) is 19.0. The van der Waals surface area contributed by atoms with Crippen molar-refractivity contribution in [3.63, 3.8) is 0 Å². The Kier molecular flexibility index (Phi) is 20.4. The van der Waals surface area contributed by atoms with Crippen LogP contribution >= 0.6 is 33.4 Å². The highest BCUT2D eigenvalue weighted by molar-refractivity contribution is 8.13. The molecule has 61 heavy (non-hydrogen) atoms. The molecular formula is C38H41ClF4N8O6S4. The van der Waals surface area contributed by atoms with E-state index in [1.165, 1.54) is 29.9 Å². The third kappa shape index (κ3) is 17.1. The summed E-state index contributed by atoms with van der Waals surface area (Å²) in [5.74, 6) is -4.14. The van der Waals surface area contributed by atoms with E-state index in [2.05, 4.69) is 34.6 Å². The minimum atomic E-state index is -4.14. The SMILES string of the molecule is C.C.Cc1ncc(CCC(=O)c2cnc(CN)cn2)s1.Cc1ncc(CCC(=O)c2cnc(CNS(=O)(=O)c3cc(F)cc(F)c3)cn2)s1.O=S(=O)(Cl)c1cc(F)cc(F)c1. The lowest BCUT2D eigenvalue weighted by Gasteiger charge is -2.07. The van der Waals surface area contributed by atoms with Crippen molar-refractivity contribution >= 4 is 64.0 Å². The molecule has 0 fully saturated rings. The second kappa shape index (κ2) is 23.9. The molecule has 3 N–H and O–H groups in total. The number of hydrogen-bond acceptors (Lipinski definition) is 15. The first-order valence-corrected chi connectivity index (χ1v) is 22.3. The Bertz CT molecular complexity index is 2580. The van der Waals surface area contributed by atoms with E-state index in [4.69, 9.17) is 16.4 Å². The van der Waals surface area contributed by atoms with Crippen molar-refractivity contribution in [1.29, 1.82) is 0 Å². The fraction of sp³-hybridized carbons (Fsp3) is 0.263. The maximum Gasteiger partial charge on any atom is 0.261 e. The number of carbonyl (C=O) groups is 2. The summed E-state index contributed by atoms with van der Waals surface area (Å²) in [4.78, 5) is 49.5. The molecule has 4 heterocycles. The number of Topliss-reactive ketones (excluding diaryl/α,β-unsaturated/α-hetero) is 2. The van der Waals surface area contributed by atoms with Crippen LogP contribution in [0.4, 0.5) is 17.6 Å². The quantitative estimate of drug-likeness (QED) is 0.0615. The first-order valence-electron chi connectivity index (χ1n) is 16.9. The first kappa shape index (κ1) is 52.2. The molecule has 328 valence electrons. The van der Waals surface area contributed by atoms with Gasteiger partial charge in [-0.1, -0.05) is 14.9 Å². The van der Waals surface area contributed by atoms with Gasteiger partial charge in [0.25, 0.3) is 9.05 Å². The van der Waals surface area contributed by atoms with Crippen LogP contribution in [0.5, 0.6) is 0 Å². The first-order chi connectivity index (χ1) is 27.8. The van der Waals surface area contributed by atoms with Crippen LogP contribution in [0, 0.1) is 37.1 Å². The lowest BCUT2D eigenvalue weighted by atomic mass is 10.1.